The van der Waals surface area contributed by atoms with Gasteiger partial charge in [0.1, 0.15) is 5.82 Å². The predicted molar refractivity (Wildman–Crippen MR) is 70.8 cm³/mol. The van der Waals surface area contributed by atoms with E-state index in [1.165, 1.54) is 19.3 Å². The Morgan fingerprint density at radius 2 is 2.41 bits per heavy atom. The maximum absolute atomic E-state index is 5.68. The molecule has 2 N–H and O–H groups in total. The van der Waals surface area contributed by atoms with Gasteiger partial charge < -0.3 is 10.3 Å². The topological polar surface area (TPSA) is 56.7 Å². The van der Waals surface area contributed by atoms with Gasteiger partial charge in [-0.3, -0.25) is 0 Å². The second-order valence-electron chi connectivity index (χ2n) is 4.27. The minimum atomic E-state index is 0.466. The molecule has 1 unspecified atom stereocenters. The lowest BCUT2D eigenvalue weighted by molar-refractivity contribution is 0.591. The number of nitrogens with zero attached hydrogens (tertiary/aromatic N) is 3. The van der Waals surface area contributed by atoms with Crippen LogP contribution in [0.25, 0.3) is 0 Å². The summed E-state index contributed by atoms with van der Waals surface area (Å²) < 4.78 is 2.16. The van der Waals surface area contributed by atoms with Gasteiger partial charge in [0.15, 0.2) is 5.16 Å². The first-order valence-corrected chi connectivity index (χ1v) is 7.18. The fourth-order valence-electron chi connectivity index (χ4n) is 2.02. The van der Waals surface area contributed by atoms with Gasteiger partial charge in [-0.2, -0.15) is 0 Å². The van der Waals surface area contributed by atoms with Crippen molar-refractivity contribution >= 4 is 11.8 Å². The molecule has 0 saturated heterocycles. The van der Waals surface area contributed by atoms with Crippen LogP contribution < -0.4 is 5.73 Å². The van der Waals surface area contributed by atoms with E-state index < -0.39 is 0 Å². The van der Waals surface area contributed by atoms with E-state index in [1.54, 1.807) is 0 Å². The zero-order valence-electron chi connectivity index (χ0n) is 10.3. The molecule has 94 valence electrons. The second-order valence-corrected chi connectivity index (χ2v) is 5.48. The van der Waals surface area contributed by atoms with Crippen LogP contribution in [0.5, 0.6) is 0 Å². The molecule has 2 rings (SSSR count). The first-order chi connectivity index (χ1) is 8.35. The second kappa shape index (κ2) is 6.21. The van der Waals surface area contributed by atoms with E-state index in [2.05, 4.69) is 33.8 Å². The average molecular weight is 252 g/mol. The Labute approximate surface area is 107 Å². The number of aromatic nitrogens is 3. The summed E-state index contributed by atoms with van der Waals surface area (Å²) in [5, 5.41) is 9.99. The summed E-state index contributed by atoms with van der Waals surface area (Å²) in [7, 11) is 0. The van der Waals surface area contributed by atoms with Gasteiger partial charge in [0.2, 0.25) is 0 Å². The van der Waals surface area contributed by atoms with E-state index in [0.29, 0.717) is 11.8 Å². The van der Waals surface area contributed by atoms with E-state index in [0.717, 1.165) is 23.9 Å². The van der Waals surface area contributed by atoms with Crippen molar-refractivity contribution in [3.05, 3.63) is 18.0 Å². The number of hydrogen-bond donors (Lipinski definition) is 1. The molecule has 5 heteroatoms. The number of allylic oxidation sites excluding steroid dienone is 1. The first kappa shape index (κ1) is 12.6. The van der Waals surface area contributed by atoms with E-state index in [9.17, 15) is 0 Å². The zero-order chi connectivity index (χ0) is 12.1. The smallest absolute Gasteiger partial charge is 0.191 e. The van der Waals surface area contributed by atoms with Crippen LogP contribution in [0.1, 0.15) is 38.4 Å². The number of nitrogens with two attached hydrogens (primary N) is 1. The molecule has 0 amide bonds. The molecule has 0 saturated carbocycles. The SMILES string of the molecule is CCCn1c(CN)nnc1SC1C=CCCC1. The summed E-state index contributed by atoms with van der Waals surface area (Å²) in [6, 6.07) is 0. The standard InChI is InChI=1S/C12H20N4S/c1-2-8-16-11(9-13)14-15-12(16)17-10-6-4-3-5-7-10/h4,6,10H,2-3,5,7-9,13H2,1H3. The lowest BCUT2D eigenvalue weighted by Gasteiger charge is -2.15. The molecule has 1 heterocycles. The van der Waals surface area contributed by atoms with Crippen molar-refractivity contribution in [1.29, 1.82) is 0 Å². The highest BCUT2D eigenvalue weighted by molar-refractivity contribution is 7.99. The summed E-state index contributed by atoms with van der Waals surface area (Å²) in [5.41, 5.74) is 5.68. The van der Waals surface area contributed by atoms with Gasteiger partial charge in [-0.15, -0.1) is 10.2 Å². The summed E-state index contributed by atoms with van der Waals surface area (Å²) in [4.78, 5) is 0. The summed E-state index contributed by atoms with van der Waals surface area (Å²) in [5.74, 6) is 0.897. The first-order valence-electron chi connectivity index (χ1n) is 6.30. The van der Waals surface area contributed by atoms with Crippen molar-refractivity contribution < 1.29 is 0 Å². The Balaban J connectivity index is 2.11. The van der Waals surface area contributed by atoms with Crippen LogP contribution in [-0.2, 0) is 13.1 Å². The third-order valence-corrected chi connectivity index (χ3v) is 4.10. The molecule has 4 nitrogen and oxygen atoms in total. The lowest BCUT2D eigenvalue weighted by Crippen LogP contribution is -2.11. The van der Waals surface area contributed by atoms with Crippen LogP contribution in [0.15, 0.2) is 17.3 Å². The monoisotopic (exact) mass is 252 g/mol. The molecule has 1 aliphatic carbocycles. The summed E-state index contributed by atoms with van der Waals surface area (Å²) in [6.07, 6.45) is 9.37. The fraction of sp³-hybridized carbons (Fsp3) is 0.667. The highest BCUT2D eigenvalue weighted by atomic mass is 32.2. The van der Waals surface area contributed by atoms with Crippen molar-refractivity contribution in [3.8, 4) is 0 Å². The van der Waals surface area contributed by atoms with Crippen molar-refractivity contribution in [3.63, 3.8) is 0 Å². The number of hydrogen-bond acceptors (Lipinski definition) is 4. The van der Waals surface area contributed by atoms with E-state index in [-0.39, 0.29) is 0 Å². The third kappa shape index (κ3) is 3.10. The van der Waals surface area contributed by atoms with Crippen molar-refractivity contribution in [2.45, 2.75) is 56.1 Å². The quantitative estimate of drug-likeness (QED) is 0.817. The highest BCUT2D eigenvalue weighted by Crippen LogP contribution is 2.29. The fourth-order valence-corrected chi connectivity index (χ4v) is 3.18. The minimum Gasteiger partial charge on any atom is -0.324 e. The summed E-state index contributed by atoms with van der Waals surface area (Å²) in [6.45, 7) is 3.58. The number of rotatable bonds is 5. The maximum atomic E-state index is 5.68. The van der Waals surface area contributed by atoms with Gasteiger partial charge in [-0.1, -0.05) is 30.8 Å². The Kier molecular flexibility index (Phi) is 4.62. The van der Waals surface area contributed by atoms with Gasteiger partial charge in [-0.05, 0) is 25.7 Å². The van der Waals surface area contributed by atoms with Crippen LogP contribution in [0.3, 0.4) is 0 Å². The molecule has 1 aromatic heterocycles. The van der Waals surface area contributed by atoms with Crippen LogP contribution in [0.4, 0.5) is 0 Å². The molecule has 0 aliphatic heterocycles. The summed E-state index contributed by atoms with van der Waals surface area (Å²) >= 11 is 1.81. The van der Waals surface area contributed by atoms with E-state index in [1.807, 2.05) is 11.8 Å². The van der Waals surface area contributed by atoms with Gasteiger partial charge in [0, 0.05) is 11.8 Å². The molecule has 17 heavy (non-hydrogen) atoms. The van der Waals surface area contributed by atoms with E-state index >= 15 is 0 Å². The molecular weight excluding hydrogens is 232 g/mol. The molecule has 0 spiro atoms. The largest absolute Gasteiger partial charge is 0.324 e. The Morgan fingerprint density at radius 3 is 3.06 bits per heavy atom. The molecule has 0 fully saturated rings. The lowest BCUT2D eigenvalue weighted by atomic mass is 10.1. The minimum absolute atomic E-state index is 0.466. The Hall–Kier alpha value is -0.810. The number of thioether (sulfide) groups is 1. The zero-order valence-corrected chi connectivity index (χ0v) is 11.1. The van der Waals surface area contributed by atoms with Crippen LogP contribution in [-0.4, -0.2) is 20.0 Å². The van der Waals surface area contributed by atoms with Crippen LogP contribution >= 0.6 is 11.8 Å². The predicted octanol–water partition coefficient (Wildman–Crippen LogP) is 2.35. The van der Waals surface area contributed by atoms with Crippen molar-refractivity contribution in [2.75, 3.05) is 0 Å². The van der Waals surface area contributed by atoms with E-state index in [4.69, 9.17) is 5.73 Å². The molecule has 1 aromatic rings. The van der Waals surface area contributed by atoms with Gasteiger partial charge in [0.05, 0.1) is 6.54 Å². The Bertz CT molecular complexity index is 386. The highest BCUT2D eigenvalue weighted by Gasteiger charge is 2.16. The van der Waals surface area contributed by atoms with Gasteiger partial charge >= 0.3 is 0 Å². The molecular formula is C12H20N4S. The van der Waals surface area contributed by atoms with Crippen molar-refractivity contribution in [2.24, 2.45) is 5.73 Å². The molecule has 0 bridgehead atoms. The molecule has 0 radical (unpaired) electrons. The molecule has 0 aromatic carbocycles. The normalized spacial score (nSPS) is 19.8. The molecule has 1 atom stereocenters. The van der Waals surface area contributed by atoms with Crippen molar-refractivity contribution in [1.82, 2.24) is 14.8 Å². The molecule has 1 aliphatic rings. The van der Waals surface area contributed by atoms with Gasteiger partial charge in [-0.25, -0.2) is 0 Å². The van der Waals surface area contributed by atoms with Gasteiger partial charge in [0.25, 0.3) is 0 Å². The van der Waals surface area contributed by atoms with Crippen LogP contribution in [0.2, 0.25) is 0 Å². The third-order valence-electron chi connectivity index (χ3n) is 2.89. The maximum Gasteiger partial charge on any atom is 0.191 e. The average Bonchev–Trinajstić information content (AvgIpc) is 2.74. The van der Waals surface area contributed by atoms with Crippen LogP contribution in [0, 0.1) is 0 Å². The Morgan fingerprint density at radius 1 is 1.53 bits per heavy atom.